The number of hydrogen-bond donors (Lipinski definition) is 2. The van der Waals surface area contributed by atoms with E-state index in [1.807, 2.05) is 0 Å². The van der Waals surface area contributed by atoms with Crippen LogP contribution in [0.2, 0.25) is 0 Å². The summed E-state index contributed by atoms with van der Waals surface area (Å²) in [6.45, 7) is 8.07. The molecule has 0 spiro atoms. The van der Waals surface area contributed by atoms with E-state index in [1.54, 1.807) is 11.8 Å². The Morgan fingerprint density at radius 2 is 2.06 bits per heavy atom. The van der Waals surface area contributed by atoms with E-state index in [0.717, 1.165) is 12.3 Å². The van der Waals surface area contributed by atoms with Crippen LogP contribution in [0, 0.1) is 12.8 Å². The molecular weight excluding hydrogens is 230 g/mol. The van der Waals surface area contributed by atoms with Crippen LogP contribution in [0.5, 0.6) is 0 Å². The normalized spacial score (nSPS) is 13.0. The monoisotopic (exact) mass is 253 g/mol. The van der Waals surface area contributed by atoms with Gasteiger partial charge in [0.15, 0.2) is 0 Å². The van der Waals surface area contributed by atoms with Crippen molar-refractivity contribution in [2.24, 2.45) is 5.92 Å². The molecule has 1 rings (SSSR count). The molecule has 1 aromatic rings. The largest absolute Gasteiger partial charge is 0.391 e. The summed E-state index contributed by atoms with van der Waals surface area (Å²) < 4.78 is 0. The standard InChI is InChI=1S/C14H23NOS/c1-11(2)8-15-9-13(16)10-17-14-6-4-5-12(3)7-14/h4-7,11,13,15-16H,8-10H2,1-3H3. The van der Waals surface area contributed by atoms with Gasteiger partial charge in [-0.05, 0) is 31.5 Å². The van der Waals surface area contributed by atoms with Gasteiger partial charge in [0, 0.05) is 17.2 Å². The molecule has 2 N–H and O–H groups in total. The molecule has 0 aliphatic rings. The van der Waals surface area contributed by atoms with E-state index in [4.69, 9.17) is 0 Å². The number of thioether (sulfide) groups is 1. The fraction of sp³-hybridized carbons (Fsp3) is 0.571. The lowest BCUT2D eigenvalue weighted by Crippen LogP contribution is -2.30. The van der Waals surface area contributed by atoms with Gasteiger partial charge in [-0.15, -0.1) is 11.8 Å². The van der Waals surface area contributed by atoms with Crippen molar-refractivity contribution in [2.75, 3.05) is 18.8 Å². The summed E-state index contributed by atoms with van der Waals surface area (Å²) in [7, 11) is 0. The molecule has 0 bridgehead atoms. The maximum absolute atomic E-state index is 9.81. The summed E-state index contributed by atoms with van der Waals surface area (Å²) in [4.78, 5) is 1.23. The van der Waals surface area contributed by atoms with Crippen molar-refractivity contribution < 1.29 is 5.11 Å². The van der Waals surface area contributed by atoms with E-state index < -0.39 is 0 Å². The zero-order valence-electron chi connectivity index (χ0n) is 10.9. The molecule has 0 fully saturated rings. The highest BCUT2D eigenvalue weighted by molar-refractivity contribution is 7.99. The third kappa shape index (κ3) is 6.71. The Labute approximate surface area is 109 Å². The van der Waals surface area contributed by atoms with Crippen molar-refractivity contribution in [1.29, 1.82) is 0 Å². The molecule has 17 heavy (non-hydrogen) atoms. The molecule has 0 saturated carbocycles. The lowest BCUT2D eigenvalue weighted by Gasteiger charge is -2.13. The highest BCUT2D eigenvalue weighted by Gasteiger charge is 2.05. The molecule has 2 nitrogen and oxygen atoms in total. The quantitative estimate of drug-likeness (QED) is 0.733. The highest BCUT2D eigenvalue weighted by atomic mass is 32.2. The minimum atomic E-state index is -0.278. The summed E-state index contributed by atoms with van der Waals surface area (Å²) in [6.07, 6.45) is -0.278. The SMILES string of the molecule is Cc1cccc(SCC(O)CNCC(C)C)c1. The molecule has 96 valence electrons. The topological polar surface area (TPSA) is 32.3 Å². The Bertz CT molecular complexity index is 328. The second-order valence-corrected chi connectivity index (χ2v) is 5.93. The fourth-order valence-electron chi connectivity index (χ4n) is 1.50. The van der Waals surface area contributed by atoms with Gasteiger partial charge in [-0.2, -0.15) is 0 Å². The Morgan fingerprint density at radius 3 is 2.71 bits per heavy atom. The highest BCUT2D eigenvalue weighted by Crippen LogP contribution is 2.19. The number of aliphatic hydroxyl groups is 1. The summed E-state index contributed by atoms with van der Waals surface area (Å²) in [5, 5.41) is 13.1. The number of rotatable bonds is 7. The average molecular weight is 253 g/mol. The zero-order chi connectivity index (χ0) is 12.7. The van der Waals surface area contributed by atoms with Crippen molar-refractivity contribution in [3.05, 3.63) is 29.8 Å². The number of hydrogen-bond acceptors (Lipinski definition) is 3. The van der Waals surface area contributed by atoms with Gasteiger partial charge in [-0.1, -0.05) is 31.5 Å². The molecule has 1 atom stereocenters. The molecule has 0 amide bonds. The molecule has 0 aliphatic carbocycles. The van der Waals surface area contributed by atoms with Gasteiger partial charge in [-0.3, -0.25) is 0 Å². The van der Waals surface area contributed by atoms with Gasteiger partial charge < -0.3 is 10.4 Å². The Balaban J connectivity index is 2.21. The van der Waals surface area contributed by atoms with Gasteiger partial charge in [-0.25, -0.2) is 0 Å². The lowest BCUT2D eigenvalue weighted by atomic mass is 10.2. The first-order valence-electron chi connectivity index (χ1n) is 6.16. The second-order valence-electron chi connectivity index (χ2n) is 4.83. The van der Waals surface area contributed by atoms with Gasteiger partial charge in [0.1, 0.15) is 0 Å². The van der Waals surface area contributed by atoms with Crippen LogP contribution < -0.4 is 5.32 Å². The maximum Gasteiger partial charge on any atom is 0.0758 e. The van der Waals surface area contributed by atoms with Crippen molar-refractivity contribution in [3.8, 4) is 0 Å². The van der Waals surface area contributed by atoms with Crippen LogP contribution in [0.4, 0.5) is 0 Å². The van der Waals surface area contributed by atoms with Gasteiger partial charge in [0.05, 0.1) is 6.10 Å². The first-order valence-corrected chi connectivity index (χ1v) is 7.14. The molecule has 0 heterocycles. The number of nitrogens with one attached hydrogen (secondary N) is 1. The van der Waals surface area contributed by atoms with Gasteiger partial charge in [0.2, 0.25) is 0 Å². The third-order valence-electron chi connectivity index (χ3n) is 2.36. The van der Waals surface area contributed by atoms with Crippen LogP contribution >= 0.6 is 11.8 Å². The first-order chi connectivity index (χ1) is 8.08. The van der Waals surface area contributed by atoms with E-state index in [2.05, 4.69) is 50.4 Å². The van der Waals surface area contributed by atoms with E-state index in [0.29, 0.717) is 12.5 Å². The molecule has 3 heteroatoms. The predicted octanol–water partition coefficient (Wildman–Crippen LogP) is 2.69. The minimum Gasteiger partial charge on any atom is -0.391 e. The Morgan fingerprint density at radius 1 is 1.29 bits per heavy atom. The smallest absolute Gasteiger partial charge is 0.0758 e. The zero-order valence-corrected chi connectivity index (χ0v) is 11.8. The second kappa shape index (κ2) is 7.75. The third-order valence-corrected chi connectivity index (χ3v) is 3.50. The Kier molecular flexibility index (Phi) is 6.63. The van der Waals surface area contributed by atoms with Crippen molar-refractivity contribution in [3.63, 3.8) is 0 Å². The average Bonchev–Trinajstić information content (AvgIpc) is 2.26. The van der Waals surface area contributed by atoms with E-state index in [9.17, 15) is 5.11 Å². The van der Waals surface area contributed by atoms with Crippen LogP contribution in [-0.4, -0.2) is 30.1 Å². The van der Waals surface area contributed by atoms with E-state index in [-0.39, 0.29) is 6.10 Å². The van der Waals surface area contributed by atoms with Crippen LogP contribution in [0.25, 0.3) is 0 Å². The summed E-state index contributed by atoms with van der Waals surface area (Å²) in [5.41, 5.74) is 1.27. The molecule has 0 saturated heterocycles. The van der Waals surface area contributed by atoms with Gasteiger partial charge in [0.25, 0.3) is 0 Å². The molecule has 0 aliphatic heterocycles. The lowest BCUT2D eigenvalue weighted by molar-refractivity contribution is 0.194. The van der Waals surface area contributed by atoms with Crippen LogP contribution in [0.15, 0.2) is 29.2 Å². The van der Waals surface area contributed by atoms with Crippen LogP contribution in [0.1, 0.15) is 19.4 Å². The fourth-order valence-corrected chi connectivity index (χ4v) is 2.44. The summed E-state index contributed by atoms with van der Waals surface area (Å²) in [5.74, 6) is 1.38. The minimum absolute atomic E-state index is 0.278. The first kappa shape index (κ1) is 14.6. The molecule has 1 unspecified atom stereocenters. The maximum atomic E-state index is 9.81. The van der Waals surface area contributed by atoms with Crippen molar-refractivity contribution in [1.82, 2.24) is 5.32 Å². The molecule has 0 aromatic heterocycles. The molecule has 1 aromatic carbocycles. The van der Waals surface area contributed by atoms with Crippen molar-refractivity contribution in [2.45, 2.75) is 31.8 Å². The summed E-state index contributed by atoms with van der Waals surface area (Å²) in [6, 6.07) is 8.39. The summed E-state index contributed by atoms with van der Waals surface area (Å²) >= 11 is 1.71. The molecule has 0 radical (unpaired) electrons. The number of aryl methyl sites for hydroxylation is 1. The Hall–Kier alpha value is -0.510. The predicted molar refractivity (Wildman–Crippen MR) is 75.6 cm³/mol. The number of aliphatic hydroxyl groups excluding tert-OH is 1. The van der Waals surface area contributed by atoms with Crippen LogP contribution in [-0.2, 0) is 0 Å². The van der Waals surface area contributed by atoms with Gasteiger partial charge >= 0.3 is 0 Å². The van der Waals surface area contributed by atoms with E-state index in [1.165, 1.54) is 10.5 Å². The molecular formula is C14H23NOS. The number of benzene rings is 1. The van der Waals surface area contributed by atoms with E-state index >= 15 is 0 Å². The van der Waals surface area contributed by atoms with Crippen LogP contribution in [0.3, 0.4) is 0 Å². The van der Waals surface area contributed by atoms with Crippen molar-refractivity contribution >= 4 is 11.8 Å².